The number of aryl methyl sites for hydroxylation is 3. The average Bonchev–Trinajstić information content (AvgIpc) is 2.79. The molecule has 0 aliphatic rings. The molecule has 1 N–H and O–H groups in total. The van der Waals surface area contributed by atoms with E-state index < -0.39 is 5.97 Å². The van der Waals surface area contributed by atoms with Gasteiger partial charge in [0, 0.05) is 12.1 Å². The molecule has 5 heteroatoms. The summed E-state index contributed by atoms with van der Waals surface area (Å²) in [5.74, 6) is 0.348. The highest BCUT2D eigenvalue weighted by atomic mass is 16.5. The molecule has 0 saturated heterocycles. The lowest BCUT2D eigenvalue weighted by Gasteiger charge is -2.08. The maximum atomic E-state index is 12.1. The van der Waals surface area contributed by atoms with Crippen LogP contribution < -0.4 is 5.32 Å². The van der Waals surface area contributed by atoms with Gasteiger partial charge in [-0.2, -0.15) is 0 Å². The summed E-state index contributed by atoms with van der Waals surface area (Å²) in [6.07, 6.45) is 0.742. The van der Waals surface area contributed by atoms with Crippen LogP contribution in [0.25, 0.3) is 0 Å². The highest BCUT2D eigenvalue weighted by Gasteiger charge is 2.20. The fourth-order valence-corrected chi connectivity index (χ4v) is 2.58. The van der Waals surface area contributed by atoms with Crippen LogP contribution in [0.1, 0.15) is 38.6 Å². The second-order valence-corrected chi connectivity index (χ2v) is 5.82. The molecule has 0 bridgehead atoms. The summed E-state index contributed by atoms with van der Waals surface area (Å²) >= 11 is 0. The van der Waals surface area contributed by atoms with Crippen LogP contribution >= 0.6 is 0 Å². The Balaban J connectivity index is 1.79. The Morgan fingerprint density at radius 1 is 1.08 bits per heavy atom. The van der Waals surface area contributed by atoms with Gasteiger partial charge < -0.3 is 14.5 Å². The molecule has 128 valence electrons. The van der Waals surface area contributed by atoms with Gasteiger partial charge in [0.1, 0.15) is 17.1 Å². The zero-order valence-electron chi connectivity index (χ0n) is 14.6. The summed E-state index contributed by atoms with van der Waals surface area (Å²) in [5.41, 5.74) is 3.53. The summed E-state index contributed by atoms with van der Waals surface area (Å²) in [4.78, 5) is 23.9. The molecule has 0 fully saturated rings. The number of benzene rings is 1. The normalized spacial score (nSPS) is 10.5. The summed E-state index contributed by atoms with van der Waals surface area (Å²) in [7, 11) is 0. The number of amides is 1. The quantitative estimate of drug-likeness (QED) is 0.827. The predicted octanol–water partition coefficient (Wildman–Crippen LogP) is 3.03. The zero-order valence-corrected chi connectivity index (χ0v) is 14.6. The first kappa shape index (κ1) is 17.8. The summed E-state index contributed by atoms with van der Waals surface area (Å²) < 4.78 is 10.5. The lowest BCUT2D eigenvalue weighted by Crippen LogP contribution is -2.30. The fraction of sp³-hybridized carbons (Fsp3) is 0.368. The maximum absolute atomic E-state index is 12.1. The lowest BCUT2D eigenvalue weighted by atomic mass is 10.1. The first-order valence-electron chi connectivity index (χ1n) is 7.95. The minimum atomic E-state index is -0.532. The number of hydrogen-bond acceptors (Lipinski definition) is 4. The molecular weight excluding hydrogens is 306 g/mol. The minimum absolute atomic E-state index is 0.296. The number of carbonyl (C=O) groups is 2. The van der Waals surface area contributed by atoms with Gasteiger partial charge in [0.05, 0.1) is 0 Å². The molecule has 1 heterocycles. The zero-order chi connectivity index (χ0) is 17.7. The number of carbonyl (C=O) groups excluding carboxylic acids is 2. The third-order valence-corrected chi connectivity index (χ3v) is 4.08. The van der Waals surface area contributed by atoms with Crippen molar-refractivity contribution in [3.05, 3.63) is 58.0 Å². The van der Waals surface area contributed by atoms with Gasteiger partial charge in [0.2, 0.25) is 0 Å². The standard InChI is InChI=1S/C19H23NO4/c1-12-7-5-6-8-16(12)9-10-20-17(21)11-23-19(22)18-13(2)14(3)24-15(18)4/h5-8H,9-11H2,1-4H3,(H,20,21). The Bertz CT molecular complexity index is 746. The maximum Gasteiger partial charge on any atom is 0.342 e. The van der Waals surface area contributed by atoms with Gasteiger partial charge >= 0.3 is 5.97 Å². The van der Waals surface area contributed by atoms with Crippen LogP contribution in [0.4, 0.5) is 0 Å². The molecule has 0 radical (unpaired) electrons. The number of hydrogen-bond donors (Lipinski definition) is 1. The van der Waals surface area contributed by atoms with E-state index in [4.69, 9.17) is 9.15 Å². The largest absolute Gasteiger partial charge is 0.465 e. The van der Waals surface area contributed by atoms with Gasteiger partial charge in [0.25, 0.3) is 5.91 Å². The van der Waals surface area contributed by atoms with Crippen LogP contribution in [-0.2, 0) is 16.0 Å². The van der Waals surface area contributed by atoms with Crippen LogP contribution in [-0.4, -0.2) is 25.0 Å². The smallest absolute Gasteiger partial charge is 0.342 e. The molecule has 2 rings (SSSR count). The number of esters is 1. The molecule has 0 saturated carbocycles. The highest BCUT2D eigenvalue weighted by molar-refractivity contribution is 5.93. The van der Waals surface area contributed by atoms with E-state index in [0.29, 0.717) is 23.6 Å². The van der Waals surface area contributed by atoms with Gasteiger partial charge in [0.15, 0.2) is 6.61 Å². The number of ether oxygens (including phenoxy) is 1. The van der Waals surface area contributed by atoms with Crippen LogP contribution in [0.2, 0.25) is 0 Å². The van der Waals surface area contributed by atoms with E-state index >= 15 is 0 Å². The SMILES string of the molecule is Cc1ccccc1CCNC(=O)COC(=O)c1c(C)oc(C)c1C. The first-order chi connectivity index (χ1) is 11.4. The van der Waals surface area contributed by atoms with E-state index in [1.54, 1.807) is 20.8 Å². The van der Waals surface area contributed by atoms with Crippen molar-refractivity contribution in [1.29, 1.82) is 0 Å². The Hall–Kier alpha value is -2.56. The Labute approximate surface area is 142 Å². The molecule has 1 aromatic carbocycles. The lowest BCUT2D eigenvalue weighted by molar-refractivity contribution is -0.124. The molecule has 0 spiro atoms. The number of rotatable bonds is 6. The monoisotopic (exact) mass is 329 g/mol. The molecular formula is C19H23NO4. The van der Waals surface area contributed by atoms with E-state index in [0.717, 1.165) is 12.0 Å². The molecule has 1 aromatic heterocycles. The summed E-state index contributed by atoms with van der Waals surface area (Å²) in [5, 5.41) is 2.76. The van der Waals surface area contributed by atoms with Gasteiger partial charge in [-0.3, -0.25) is 4.79 Å². The van der Waals surface area contributed by atoms with Crippen molar-refractivity contribution >= 4 is 11.9 Å². The summed E-state index contributed by atoms with van der Waals surface area (Å²) in [6, 6.07) is 8.03. The molecule has 0 atom stereocenters. The average molecular weight is 329 g/mol. The molecule has 0 aliphatic heterocycles. The van der Waals surface area contributed by atoms with Crippen molar-refractivity contribution in [2.75, 3.05) is 13.2 Å². The first-order valence-corrected chi connectivity index (χ1v) is 7.95. The molecule has 2 aromatic rings. The predicted molar refractivity (Wildman–Crippen MR) is 91.1 cm³/mol. The molecule has 1 amide bonds. The highest BCUT2D eigenvalue weighted by Crippen LogP contribution is 2.21. The van der Waals surface area contributed by atoms with Crippen LogP contribution in [0.3, 0.4) is 0 Å². The number of nitrogens with one attached hydrogen (secondary N) is 1. The van der Waals surface area contributed by atoms with Gasteiger partial charge in [-0.15, -0.1) is 0 Å². The van der Waals surface area contributed by atoms with Crippen LogP contribution in [0, 0.1) is 27.7 Å². The van der Waals surface area contributed by atoms with E-state index in [2.05, 4.69) is 5.32 Å². The van der Waals surface area contributed by atoms with E-state index in [1.807, 2.05) is 31.2 Å². The molecule has 5 nitrogen and oxygen atoms in total. The van der Waals surface area contributed by atoms with Crippen molar-refractivity contribution in [3.63, 3.8) is 0 Å². The fourth-order valence-electron chi connectivity index (χ4n) is 2.58. The Kier molecular flexibility index (Phi) is 5.79. The van der Waals surface area contributed by atoms with Gasteiger partial charge in [-0.1, -0.05) is 24.3 Å². The van der Waals surface area contributed by atoms with Crippen molar-refractivity contribution in [1.82, 2.24) is 5.32 Å². The van der Waals surface area contributed by atoms with E-state index in [1.165, 1.54) is 11.1 Å². The molecule has 0 unspecified atom stereocenters. The summed E-state index contributed by atoms with van der Waals surface area (Å²) in [6.45, 7) is 7.54. The Morgan fingerprint density at radius 3 is 2.42 bits per heavy atom. The van der Waals surface area contributed by atoms with E-state index in [9.17, 15) is 9.59 Å². The molecule has 24 heavy (non-hydrogen) atoms. The molecule has 0 aliphatic carbocycles. The van der Waals surface area contributed by atoms with Crippen molar-refractivity contribution in [3.8, 4) is 0 Å². The van der Waals surface area contributed by atoms with E-state index in [-0.39, 0.29) is 12.5 Å². The second-order valence-electron chi connectivity index (χ2n) is 5.82. The minimum Gasteiger partial charge on any atom is -0.465 e. The Morgan fingerprint density at radius 2 is 1.79 bits per heavy atom. The topological polar surface area (TPSA) is 68.5 Å². The van der Waals surface area contributed by atoms with Crippen molar-refractivity contribution in [2.24, 2.45) is 0 Å². The third kappa shape index (κ3) is 4.25. The van der Waals surface area contributed by atoms with Crippen LogP contribution in [0.5, 0.6) is 0 Å². The van der Waals surface area contributed by atoms with Crippen molar-refractivity contribution < 1.29 is 18.7 Å². The van der Waals surface area contributed by atoms with Gasteiger partial charge in [-0.25, -0.2) is 4.79 Å². The third-order valence-electron chi connectivity index (χ3n) is 4.08. The van der Waals surface area contributed by atoms with Crippen molar-refractivity contribution in [2.45, 2.75) is 34.1 Å². The van der Waals surface area contributed by atoms with Gasteiger partial charge in [-0.05, 0) is 45.2 Å². The number of furan rings is 1. The van der Waals surface area contributed by atoms with Crippen LogP contribution in [0.15, 0.2) is 28.7 Å². The second kappa shape index (κ2) is 7.81.